The molecule has 0 amide bonds. The molecule has 128 valence electrons. The van der Waals surface area contributed by atoms with Crippen molar-refractivity contribution in [1.82, 2.24) is 4.98 Å². The average Bonchev–Trinajstić information content (AvgIpc) is 2.54. The molecule has 5 heteroatoms. The molecule has 1 aromatic heterocycles. The third-order valence-electron chi connectivity index (χ3n) is 4.31. The minimum absolute atomic E-state index is 0.0375. The van der Waals surface area contributed by atoms with Gasteiger partial charge in [-0.2, -0.15) is 0 Å². The number of halogens is 1. The van der Waals surface area contributed by atoms with Crippen molar-refractivity contribution in [1.29, 1.82) is 0 Å². The van der Waals surface area contributed by atoms with Crippen LogP contribution in [0, 0.1) is 6.92 Å². The minimum Gasteiger partial charge on any atom is -0.372 e. The van der Waals surface area contributed by atoms with Crippen molar-refractivity contribution in [3.05, 3.63) is 52.8 Å². The molecule has 2 heterocycles. The molecule has 0 radical (unpaired) electrons. The first-order valence-electron chi connectivity index (χ1n) is 8.06. The highest BCUT2D eigenvalue weighted by molar-refractivity contribution is 8.00. The molecule has 2 nitrogen and oxygen atoms in total. The molecule has 1 aliphatic rings. The first-order valence-corrected chi connectivity index (χ1v) is 10.5. The topological polar surface area (TPSA) is 22.1 Å². The lowest BCUT2D eigenvalue weighted by atomic mass is 9.94. The summed E-state index contributed by atoms with van der Waals surface area (Å²) in [5.74, 6) is 0. The van der Waals surface area contributed by atoms with Crippen LogP contribution >= 0.6 is 35.1 Å². The van der Waals surface area contributed by atoms with Gasteiger partial charge < -0.3 is 4.74 Å². The van der Waals surface area contributed by atoms with Gasteiger partial charge in [0.25, 0.3) is 0 Å². The van der Waals surface area contributed by atoms with Crippen molar-refractivity contribution >= 4 is 35.1 Å². The lowest BCUT2D eigenvalue weighted by Crippen LogP contribution is -2.32. The first-order chi connectivity index (χ1) is 11.5. The van der Waals surface area contributed by atoms with Crippen molar-refractivity contribution in [2.24, 2.45) is 0 Å². The van der Waals surface area contributed by atoms with Gasteiger partial charge in [-0.3, -0.25) is 4.98 Å². The molecule has 0 aliphatic carbocycles. The third kappa shape index (κ3) is 4.29. The van der Waals surface area contributed by atoms with Gasteiger partial charge in [0.15, 0.2) is 0 Å². The molecular weight excluding hydrogens is 358 g/mol. The van der Waals surface area contributed by atoms with E-state index in [-0.39, 0.29) is 10.9 Å². The average molecular weight is 380 g/mol. The molecule has 0 bridgehead atoms. The summed E-state index contributed by atoms with van der Waals surface area (Å²) >= 11 is 10.0. The Hall–Kier alpha value is -0.680. The van der Waals surface area contributed by atoms with E-state index in [4.69, 9.17) is 16.3 Å². The fourth-order valence-corrected chi connectivity index (χ4v) is 5.11. The standard InChI is InChI=1S/C19H22ClNOS2/c1-13-5-4-6-14(9-13)24-19(2)7-8-22-17(11-19)18-16(20)10-15(23-3)12-21-18/h4-6,9-10,12,17H,7-8,11H2,1-3H3. The molecule has 0 spiro atoms. The van der Waals surface area contributed by atoms with E-state index in [1.165, 1.54) is 10.5 Å². The highest BCUT2D eigenvalue weighted by Crippen LogP contribution is 2.46. The van der Waals surface area contributed by atoms with E-state index in [0.717, 1.165) is 30.0 Å². The predicted molar refractivity (Wildman–Crippen MR) is 104 cm³/mol. The molecule has 2 atom stereocenters. The van der Waals surface area contributed by atoms with E-state index in [1.807, 2.05) is 30.3 Å². The van der Waals surface area contributed by atoms with E-state index in [9.17, 15) is 0 Å². The maximum Gasteiger partial charge on any atom is 0.102 e. The van der Waals surface area contributed by atoms with Gasteiger partial charge in [0, 0.05) is 27.3 Å². The molecule has 2 unspecified atom stereocenters. The number of hydrogen-bond donors (Lipinski definition) is 0. The van der Waals surface area contributed by atoms with E-state index in [1.54, 1.807) is 11.8 Å². The van der Waals surface area contributed by atoms with E-state index in [0.29, 0.717) is 5.02 Å². The summed E-state index contributed by atoms with van der Waals surface area (Å²) in [6, 6.07) is 10.7. The summed E-state index contributed by atoms with van der Waals surface area (Å²) in [5.41, 5.74) is 2.16. The molecule has 0 saturated carbocycles. The smallest absolute Gasteiger partial charge is 0.102 e. The SMILES string of the molecule is CSc1cnc(C2CC(C)(Sc3cccc(C)c3)CCO2)c(Cl)c1. The summed E-state index contributed by atoms with van der Waals surface area (Å²) in [7, 11) is 0. The fraction of sp³-hybridized carbons (Fsp3) is 0.421. The molecule has 24 heavy (non-hydrogen) atoms. The number of aryl methyl sites for hydroxylation is 1. The van der Waals surface area contributed by atoms with Crippen LogP contribution < -0.4 is 0 Å². The quantitative estimate of drug-likeness (QED) is 0.592. The highest BCUT2D eigenvalue weighted by Gasteiger charge is 2.36. The maximum absolute atomic E-state index is 6.45. The summed E-state index contributed by atoms with van der Waals surface area (Å²) in [5, 5.41) is 0.705. The third-order valence-corrected chi connectivity index (χ3v) is 6.66. The number of thioether (sulfide) groups is 2. The Labute approximate surface area is 157 Å². The van der Waals surface area contributed by atoms with Crippen LogP contribution in [-0.2, 0) is 4.74 Å². The lowest BCUT2D eigenvalue weighted by molar-refractivity contribution is -0.000268. The van der Waals surface area contributed by atoms with Crippen LogP contribution in [0.15, 0.2) is 46.3 Å². The number of ether oxygens (including phenoxy) is 1. The van der Waals surface area contributed by atoms with Crippen LogP contribution in [-0.4, -0.2) is 22.6 Å². The van der Waals surface area contributed by atoms with Crippen molar-refractivity contribution in [2.45, 2.75) is 47.3 Å². The van der Waals surface area contributed by atoms with Gasteiger partial charge >= 0.3 is 0 Å². The number of aromatic nitrogens is 1. The van der Waals surface area contributed by atoms with Crippen molar-refractivity contribution in [3.63, 3.8) is 0 Å². The summed E-state index contributed by atoms with van der Waals surface area (Å²) in [4.78, 5) is 6.97. The number of hydrogen-bond acceptors (Lipinski definition) is 4. The zero-order valence-electron chi connectivity index (χ0n) is 14.2. The zero-order valence-corrected chi connectivity index (χ0v) is 16.6. The molecule has 1 aliphatic heterocycles. The monoisotopic (exact) mass is 379 g/mol. The van der Waals surface area contributed by atoms with Gasteiger partial charge in [-0.15, -0.1) is 23.5 Å². The van der Waals surface area contributed by atoms with E-state index < -0.39 is 0 Å². The van der Waals surface area contributed by atoms with Crippen LogP contribution in [0.1, 0.15) is 37.1 Å². The van der Waals surface area contributed by atoms with Gasteiger partial charge in [0.05, 0.1) is 10.7 Å². The zero-order chi connectivity index (χ0) is 17.2. The molecule has 2 aromatic rings. The van der Waals surface area contributed by atoms with Crippen molar-refractivity contribution in [2.75, 3.05) is 12.9 Å². The highest BCUT2D eigenvalue weighted by atomic mass is 35.5. The largest absolute Gasteiger partial charge is 0.372 e. The van der Waals surface area contributed by atoms with Crippen LogP contribution in [0.4, 0.5) is 0 Å². The Morgan fingerprint density at radius 1 is 1.29 bits per heavy atom. The number of nitrogens with zero attached hydrogens (tertiary/aromatic N) is 1. The van der Waals surface area contributed by atoms with Crippen LogP contribution in [0.5, 0.6) is 0 Å². The molecule has 1 saturated heterocycles. The first kappa shape index (κ1) is 18.1. The molecule has 1 aromatic carbocycles. The normalized spacial score (nSPS) is 24.1. The summed E-state index contributed by atoms with van der Waals surface area (Å²) in [6.07, 6.45) is 5.82. The Kier molecular flexibility index (Phi) is 5.81. The lowest BCUT2D eigenvalue weighted by Gasteiger charge is -2.37. The van der Waals surface area contributed by atoms with Gasteiger partial charge in [-0.05, 0) is 51.1 Å². The fourth-order valence-electron chi connectivity index (χ4n) is 2.98. The summed E-state index contributed by atoms with van der Waals surface area (Å²) in [6.45, 7) is 5.19. The van der Waals surface area contributed by atoms with Gasteiger partial charge in [0.2, 0.25) is 0 Å². The Morgan fingerprint density at radius 3 is 2.83 bits per heavy atom. The van der Waals surface area contributed by atoms with E-state index >= 15 is 0 Å². The van der Waals surface area contributed by atoms with Crippen molar-refractivity contribution in [3.8, 4) is 0 Å². The molecule has 0 N–H and O–H groups in total. The Balaban J connectivity index is 1.78. The second kappa shape index (κ2) is 7.69. The van der Waals surface area contributed by atoms with Gasteiger partial charge in [0.1, 0.15) is 6.10 Å². The summed E-state index contributed by atoms with van der Waals surface area (Å²) < 4.78 is 6.13. The Morgan fingerprint density at radius 2 is 2.12 bits per heavy atom. The second-order valence-electron chi connectivity index (χ2n) is 6.42. The predicted octanol–water partition coefficient (Wildman–Crippen LogP) is 6.17. The Bertz CT molecular complexity index is 724. The molecular formula is C19H22ClNOS2. The van der Waals surface area contributed by atoms with E-state index in [2.05, 4.69) is 43.1 Å². The van der Waals surface area contributed by atoms with Gasteiger partial charge in [-0.1, -0.05) is 29.3 Å². The molecule has 1 fully saturated rings. The number of rotatable bonds is 4. The molecule has 3 rings (SSSR count). The van der Waals surface area contributed by atoms with Crippen molar-refractivity contribution < 1.29 is 4.74 Å². The second-order valence-corrected chi connectivity index (χ2v) is 9.37. The van der Waals surface area contributed by atoms with Crippen LogP contribution in [0.2, 0.25) is 5.02 Å². The maximum atomic E-state index is 6.45. The van der Waals surface area contributed by atoms with Gasteiger partial charge in [-0.25, -0.2) is 0 Å². The number of benzene rings is 1. The van der Waals surface area contributed by atoms with Crippen LogP contribution in [0.25, 0.3) is 0 Å². The van der Waals surface area contributed by atoms with Crippen LogP contribution in [0.3, 0.4) is 0 Å². The number of pyridine rings is 1. The minimum atomic E-state index is -0.0375.